The molecule has 1 aliphatic heterocycles. The summed E-state index contributed by atoms with van der Waals surface area (Å²) >= 11 is 5.88. The average molecular weight is 333 g/mol. The first-order chi connectivity index (χ1) is 10.7. The lowest BCUT2D eigenvalue weighted by Gasteiger charge is -2.39. The van der Waals surface area contributed by atoms with Crippen LogP contribution in [0, 0.1) is 10.8 Å². The molecule has 1 aromatic rings. The summed E-state index contributed by atoms with van der Waals surface area (Å²) in [5.74, 6) is 0.00539. The fourth-order valence-corrected chi connectivity index (χ4v) is 4.03. The Labute approximate surface area is 141 Å². The summed E-state index contributed by atoms with van der Waals surface area (Å²) in [4.78, 5) is 26.7. The van der Waals surface area contributed by atoms with E-state index in [1.165, 1.54) is 0 Å². The van der Waals surface area contributed by atoms with Crippen LogP contribution in [0.15, 0.2) is 36.0 Å². The second-order valence-electron chi connectivity index (χ2n) is 7.34. The van der Waals surface area contributed by atoms with Gasteiger partial charge in [0.15, 0.2) is 5.78 Å². The molecule has 1 atom stereocenters. The van der Waals surface area contributed by atoms with Crippen LogP contribution >= 0.6 is 11.6 Å². The largest absolute Gasteiger partial charge is 0.396 e. The maximum absolute atomic E-state index is 12.7. The highest BCUT2D eigenvalue weighted by Crippen LogP contribution is 2.47. The molecule has 0 radical (unpaired) electrons. The zero-order chi connectivity index (χ0) is 16.8. The van der Waals surface area contributed by atoms with Gasteiger partial charge < -0.3 is 10.6 Å². The van der Waals surface area contributed by atoms with Crippen LogP contribution in [-0.2, 0) is 4.79 Å². The Kier molecular flexibility index (Phi) is 3.75. The van der Waals surface area contributed by atoms with Gasteiger partial charge in [0.05, 0.1) is 5.70 Å². The third-order valence-corrected chi connectivity index (χ3v) is 5.15. The maximum Gasteiger partial charge on any atom is 0.253 e. The predicted molar refractivity (Wildman–Crippen MR) is 90.1 cm³/mol. The quantitative estimate of drug-likeness (QED) is 0.859. The summed E-state index contributed by atoms with van der Waals surface area (Å²) in [7, 11) is 0. The average Bonchev–Trinajstić information content (AvgIpc) is 2.88. The van der Waals surface area contributed by atoms with Gasteiger partial charge in [0.25, 0.3) is 5.91 Å². The van der Waals surface area contributed by atoms with Crippen molar-refractivity contribution in [2.45, 2.75) is 26.7 Å². The number of ketones is 1. The smallest absolute Gasteiger partial charge is 0.253 e. The molecule has 1 saturated heterocycles. The highest BCUT2D eigenvalue weighted by Gasteiger charge is 2.48. The van der Waals surface area contributed by atoms with Crippen LogP contribution in [0.4, 0.5) is 0 Å². The number of Topliss-reactive ketones (excluding diaryl/α,β-unsaturated/α-hetero) is 1. The first-order valence-corrected chi connectivity index (χ1v) is 8.18. The molecule has 23 heavy (non-hydrogen) atoms. The van der Waals surface area contributed by atoms with E-state index in [4.69, 9.17) is 17.3 Å². The number of likely N-dealkylation sites (tertiary alicyclic amines) is 1. The molecule has 1 heterocycles. The molecule has 5 heteroatoms. The highest BCUT2D eigenvalue weighted by atomic mass is 35.5. The van der Waals surface area contributed by atoms with E-state index in [1.54, 1.807) is 24.3 Å². The lowest BCUT2D eigenvalue weighted by molar-refractivity contribution is -0.125. The molecule has 1 fully saturated rings. The van der Waals surface area contributed by atoms with Crippen LogP contribution in [-0.4, -0.2) is 29.7 Å². The molecule has 3 rings (SSSR count). The Morgan fingerprint density at radius 2 is 1.91 bits per heavy atom. The van der Waals surface area contributed by atoms with Gasteiger partial charge in [-0.25, -0.2) is 0 Å². The second-order valence-corrected chi connectivity index (χ2v) is 7.77. The van der Waals surface area contributed by atoms with Crippen molar-refractivity contribution in [3.63, 3.8) is 0 Å². The minimum atomic E-state index is -0.474. The van der Waals surface area contributed by atoms with Gasteiger partial charge in [-0.05, 0) is 43.2 Å². The SMILES string of the molecule is CC1(C)C[C@]2(C=C(N)C1=O)CCN(C(=O)c1ccc(Cl)cc1)C2. The minimum Gasteiger partial charge on any atom is -0.396 e. The standard InChI is InChI=1S/C18H21ClN2O2/c1-17(2)10-18(9-14(20)15(17)22)7-8-21(11-18)16(23)12-3-5-13(19)6-4-12/h3-6,9H,7-8,10-11,20H2,1-2H3/t18-/m1/s1. The molecule has 122 valence electrons. The minimum absolute atomic E-state index is 0.000203. The van der Waals surface area contributed by atoms with Crippen LogP contribution in [0.1, 0.15) is 37.0 Å². The molecule has 1 amide bonds. The summed E-state index contributed by atoms with van der Waals surface area (Å²) < 4.78 is 0. The zero-order valence-corrected chi connectivity index (χ0v) is 14.2. The molecule has 1 aliphatic carbocycles. The molecule has 2 aliphatic rings. The Hall–Kier alpha value is -1.81. The van der Waals surface area contributed by atoms with Crippen molar-refractivity contribution in [2.75, 3.05) is 13.1 Å². The van der Waals surface area contributed by atoms with Crippen LogP contribution in [0.2, 0.25) is 5.02 Å². The molecule has 2 N–H and O–H groups in total. The second kappa shape index (κ2) is 5.38. The Bertz CT molecular complexity index is 693. The molecular weight excluding hydrogens is 312 g/mol. The monoisotopic (exact) mass is 332 g/mol. The van der Waals surface area contributed by atoms with Crippen LogP contribution < -0.4 is 5.73 Å². The van der Waals surface area contributed by atoms with Crippen molar-refractivity contribution in [3.05, 3.63) is 46.6 Å². The van der Waals surface area contributed by atoms with Gasteiger partial charge >= 0.3 is 0 Å². The first-order valence-electron chi connectivity index (χ1n) is 7.80. The summed E-state index contributed by atoms with van der Waals surface area (Å²) in [5, 5.41) is 0.614. The van der Waals surface area contributed by atoms with Gasteiger partial charge in [0, 0.05) is 34.5 Å². The van der Waals surface area contributed by atoms with Crippen molar-refractivity contribution < 1.29 is 9.59 Å². The lowest BCUT2D eigenvalue weighted by Crippen LogP contribution is -2.42. The third-order valence-electron chi connectivity index (χ3n) is 4.90. The predicted octanol–water partition coefficient (Wildman–Crippen LogP) is 3.01. The third kappa shape index (κ3) is 2.88. The molecule has 0 saturated carbocycles. The van der Waals surface area contributed by atoms with Crippen LogP contribution in [0.3, 0.4) is 0 Å². The summed E-state index contributed by atoms with van der Waals surface area (Å²) in [6, 6.07) is 6.93. The van der Waals surface area contributed by atoms with E-state index in [0.29, 0.717) is 29.4 Å². The number of nitrogens with zero attached hydrogens (tertiary/aromatic N) is 1. The summed E-state index contributed by atoms with van der Waals surface area (Å²) in [5.41, 5.74) is 6.26. The van der Waals surface area contributed by atoms with Crippen molar-refractivity contribution in [1.82, 2.24) is 4.90 Å². The van der Waals surface area contributed by atoms with E-state index in [1.807, 2.05) is 24.8 Å². The van der Waals surface area contributed by atoms with Crippen molar-refractivity contribution >= 4 is 23.3 Å². The molecule has 0 aromatic heterocycles. The fourth-order valence-electron chi connectivity index (χ4n) is 3.90. The first kappa shape index (κ1) is 16.1. The van der Waals surface area contributed by atoms with Gasteiger partial charge in [-0.15, -0.1) is 0 Å². The number of hydrogen-bond donors (Lipinski definition) is 1. The molecule has 0 unspecified atom stereocenters. The number of amides is 1. The number of allylic oxidation sites excluding steroid dienone is 1. The molecular formula is C18H21ClN2O2. The molecule has 4 nitrogen and oxygen atoms in total. The number of rotatable bonds is 1. The van der Waals surface area contributed by atoms with Crippen molar-refractivity contribution in [3.8, 4) is 0 Å². The van der Waals surface area contributed by atoms with Crippen LogP contribution in [0.25, 0.3) is 0 Å². The Morgan fingerprint density at radius 3 is 2.52 bits per heavy atom. The molecule has 1 spiro atoms. The fraction of sp³-hybridized carbons (Fsp3) is 0.444. The van der Waals surface area contributed by atoms with E-state index in [0.717, 1.165) is 12.8 Å². The molecule has 1 aromatic carbocycles. The summed E-state index contributed by atoms with van der Waals surface area (Å²) in [6.45, 7) is 5.14. The van der Waals surface area contributed by atoms with Crippen LogP contribution in [0.5, 0.6) is 0 Å². The van der Waals surface area contributed by atoms with Gasteiger partial charge in [0.2, 0.25) is 0 Å². The number of carbonyl (C=O) groups is 2. The number of nitrogens with two attached hydrogens (primary N) is 1. The zero-order valence-electron chi connectivity index (χ0n) is 13.4. The van der Waals surface area contributed by atoms with Crippen molar-refractivity contribution in [1.29, 1.82) is 0 Å². The number of hydrogen-bond acceptors (Lipinski definition) is 3. The highest BCUT2D eigenvalue weighted by molar-refractivity contribution is 6.30. The van der Waals surface area contributed by atoms with E-state index < -0.39 is 5.41 Å². The van der Waals surface area contributed by atoms with E-state index in [-0.39, 0.29) is 17.1 Å². The lowest BCUT2D eigenvalue weighted by atomic mass is 9.65. The van der Waals surface area contributed by atoms with E-state index in [2.05, 4.69) is 0 Å². The van der Waals surface area contributed by atoms with Gasteiger partial charge in [-0.3, -0.25) is 9.59 Å². The molecule has 0 bridgehead atoms. The van der Waals surface area contributed by atoms with E-state index in [9.17, 15) is 9.59 Å². The number of carbonyl (C=O) groups excluding carboxylic acids is 2. The topological polar surface area (TPSA) is 63.4 Å². The van der Waals surface area contributed by atoms with Gasteiger partial charge in [0.1, 0.15) is 0 Å². The van der Waals surface area contributed by atoms with E-state index >= 15 is 0 Å². The number of halogens is 1. The van der Waals surface area contributed by atoms with Gasteiger partial charge in [-0.2, -0.15) is 0 Å². The Morgan fingerprint density at radius 1 is 1.26 bits per heavy atom. The van der Waals surface area contributed by atoms with Gasteiger partial charge in [-0.1, -0.05) is 25.4 Å². The number of benzene rings is 1. The van der Waals surface area contributed by atoms with Crippen molar-refractivity contribution in [2.24, 2.45) is 16.6 Å². The Balaban J connectivity index is 1.82. The maximum atomic E-state index is 12.7. The normalized spacial score (nSPS) is 26.5. The summed E-state index contributed by atoms with van der Waals surface area (Å²) in [6.07, 6.45) is 3.45.